The normalized spacial score (nSPS) is 34.6. The van der Waals surface area contributed by atoms with Gasteiger partial charge >= 0.3 is 0 Å². The van der Waals surface area contributed by atoms with Crippen molar-refractivity contribution in [3.8, 4) is 0 Å². The summed E-state index contributed by atoms with van der Waals surface area (Å²) in [7, 11) is 0. The second-order valence-electron chi connectivity index (χ2n) is 7.20. The number of rotatable bonds is 4. The second kappa shape index (κ2) is 6.76. The molecule has 1 N–H and O–H groups in total. The van der Waals surface area contributed by atoms with Crippen molar-refractivity contribution in [3.63, 3.8) is 0 Å². The molecule has 20 heavy (non-hydrogen) atoms. The third-order valence-corrected chi connectivity index (χ3v) is 5.73. The van der Waals surface area contributed by atoms with E-state index in [1.807, 2.05) is 0 Å². The zero-order valence-corrected chi connectivity index (χ0v) is 13.2. The molecule has 3 aliphatic rings. The first kappa shape index (κ1) is 14.8. The van der Waals surface area contributed by atoms with Crippen LogP contribution in [0.15, 0.2) is 0 Å². The van der Waals surface area contributed by atoms with Gasteiger partial charge in [0.1, 0.15) is 0 Å². The molecule has 2 unspecified atom stereocenters. The Kier molecular flexibility index (Phi) is 5.00. The number of hydrogen-bond acceptors (Lipinski definition) is 3. The fourth-order valence-corrected chi connectivity index (χ4v) is 4.63. The highest BCUT2D eigenvalue weighted by Crippen LogP contribution is 2.41. The molecule has 0 amide bonds. The van der Waals surface area contributed by atoms with Gasteiger partial charge in [-0.3, -0.25) is 4.90 Å². The lowest BCUT2D eigenvalue weighted by Gasteiger charge is -2.45. The maximum absolute atomic E-state index is 6.20. The summed E-state index contributed by atoms with van der Waals surface area (Å²) in [5.74, 6) is 0.867. The van der Waals surface area contributed by atoms with E-state index in [1.54, 1.807) is 0 Å². The second-order valence-corrected chi connectivity index (χ2v) is 7.20. The molecule has 0 aromatic heterocycles. The molecule has 2 saturated heterocycles. The first-order valence-corrected chi connectivity index (χ1v) is 8.90. The summed E-state index contributed by atoms with van der Waals surface area (Å²) < 4.78 is 6.20. The molecular formula is C17H32N2O. The molecule has 0 radical (unpaired) electrons. The Bertz CT molecular complexity index is 301. The largest absolute Gasteiger partial charge is 0.375 e. The van der Waals surface area contributed by atoms with Crippen molar-refractivity contribution in [1.82, 2.24) is 10.2 Å². The van der Waals surface area contributed by atoms with Crippen LogP contribution in [0.2, 0.25) is 0 Å². The zero-order valence-electron chi connectivity index (χ0n) is 13.2. The summed E-state index contributed by atoms with van der Waals surface area (Å²) in [5.41, 5.74) is 0.275. The molecule has 1 saturated carbocycles. The highest BCUT2D eigenvalue weighted by atomic mass is 16.5. The van der Waals surface area contributed by atoms with Crippen molar-refractivity contribution in [2.24, 2.45) is 5.92 Å². The lowest BCUT2D eigenvalue weighted by Crippen LogP contribution is -2.51. The summed E-state index contributed by atoms with van der Waals surface area (Å²) in [6.45, 7) is 8.16. The molecule has 116 valence electrons. The maximum Gasteiger partial charge on any atom is 0.0697 e. The molecule has 3 rings (SSSR count). The van der Waals surface area contributed by atoms with Crippen LogP contribution in [0.25, 0.3) is 0 Å². The monoisotopic (exact) mass is 280 g/mol. The van der Waals surface area contributed by atoms with Crippen molar-refractivity contribution in [3.05, 3.63) is 0 Å². The summed E-state index contributed by atoms with van der Waals surface area (Å²) in [5, 5.41) is 3.54. The Balaban J connectivity index is 1.54. The zero-order chi connectivity index (χ0) is 13.8. The summed E-state index contributed by atoms with van der Waals surface area (Å²) in [4.78, 5) is 2.80. The van der Waals surface area contributed by atoms with Crippen molar-refractivity contribution in [2.75, 3.05) is 32.8 Å². The smallest absolute Gasteiger partial charge is 0.0697 e. The predicted molar refractivity (Wildman–Crippen MR) is 83.0 cm³/mol. The molecule has 1 aliphatic carbocycles. The Morgan fingerprint density at radius 2 is 2.05 bits per heavy atom. The first-order valence-electron chi connectivity index (χ1n) is 8.90. The molecular weight excluding hydrogens is 248 g/mol. The van der Waals surface area contributed by atoms with Crippen LogP contribution < -0.4 is 5.32 Å². The Morgan fingerprint density at radius 1 is 1.20 bits per heavy atom. The fourth-order valence-electron chi connectivity index (χ4n) is 4.63. The third kappa shape index (κ3) is 3.37. The van der Waals surface area contributed by atoms with Crippen LogP contribution in [-0.2, 0) is 4.74 Å². The van der Waals surface area contributed by atoms with Crippen LogP contribution in [0.5, 0.6) is 0 Å². The quantitative estimate of drug-likeness (QED) is 0.857. The number of likely N-dealkylation sites (tertiary alicyclic amines) is 1. The minimum atomic E-state index is 0.275. The molecule has 0 aromatic carbocycles. The van der Waals surface area contributed by atoms with Gasteiger partial charge in [0.2, 0.25) is 0 Å². The fraction of sp³-hybridized carbons (Fsp3) is 1.00. The van der Waals surface area contributed by atoms with Crippen LogP contribution in [0, 0.1) is 5.92 Å². The van der Waals surface area contributed by atoms with Crippen LogP contribution >= 0.6 is 0 Å². The van der Waals surface area contributed by atoms with Gasteiger partial charge in [-0.05, 0) is 64.1 Å². The summed E-state index contributed by atoms with van der Waals surface area (Å²) >= 11 is 0. The van der Waals surface area contributed by atoms with Gasteiger partial charge in [-0.25, -0.2) is 0 Å². The highest BCUT2D eigenvalue weighted by Gasteiger charge is 2.42. The van der Waals surface area contributed by atoms with Gasteiger partial charge in [0.15, 0.2) is 0 Å². The maximum atomic E-state index is 6.20. The van der Waals surface area contributed by atoms with Gasteiger partial charge in [-0.2, -0.15) is 0 Å². The third-order valence-electron chi connectivity index (χ3n) is 5.73. The van der Waals surface area contributed by atoms with Gasteiger partial charge in [0.05, 0.1) is 5.60 Å². The van der Waals surface area contributed by atoms with Crippen molar-refractivity contribution in [2.45, 2.75) is 69.9 Å². The Hall–Kier alpha value is -0.120. The van der Waals surface area contributed by atoms with E-state index < -0.39 is 0 Å². The first-order chi connectivity index (χ1) is 9.81. The van der Waals surface area contributed by atoms with E-state index >= 15 is 0 Å². The van der Waals surface area contributed by atoms with E-state index in [-0.39, 0.29) is 5.60 Å². The van der Waals surface area contributed by atoms with E-state index in [0.717, 1.165) is 25.1 Å². The van der Waals surface area contributed by atoms with Gasteiger partial charge in [0.25, 0.3) is 0 Å². The minimum Gasteiger partial charge on any atom is -0.375 e. The molecule has 0 bridgehead atoms. The lowest BCUT2D eigenvalue weighted by molar-refractivity contribution is -0.105. The highest BCUT2D eigenvalue weighted by molar-refractivity contribution is 4.95. The van der Waals surface area contributed by atoms with Crippen LogP contribution in [-0.4, -0.2) is 49.3 Å². The summed E-state index contributed by atoms with van der Waals surface area (Å²) in [6, 6.07) is 0.797. The molecule has 2 atom stereocenters. The van der Waals surface area contributed by atoms with Gasteiger partial charge in [-0.1, -0.05) is 19.8 Å². The van der Waals surface area contributed by atoms with Gasteiger partial charge in [-0.15, -0.1) is 0 Å². The standard InChI is InChI=1S/C17H32N2O/c1-2-18-13-15-6-5-10-19(14-15)16-7-11-20-17(12-16)8-3-4-9-17/h15-16,18H,2-14H2,1H3. The molecule has 1 spiro atoms. The van der Waals surface area contributed by atoms with E-state index in [9.17, 15) is 0 Å². The number of piperidine rings is 1. The lowest BCUT2D eigenvalue weighted by atomic mass is 9.86. The van der Waals surface area contributed by atoms with E-state index in [4.69, 9.17) is 4.74 Å². The molecule has 0 aromatic rings. The topological polar surface area (TPSA) is 24.5 Å². The van der Waals surface area contributed by atoms with E-state index in [2.05, 4.69) is 17.1 Å². The Morgan fingerprint density at radius 3 is 2.85 bits per heavy atom. The summed E-state index contributed by atoms with van der Waals surface area (Å²) in [6.07, 6.45) is 10.8. The molecule has 3 fully saturated rings. The van der Waals surface area contributed by atoms with Crippen molar-refractivity contribution < 1.29 is 4.74 Å². The van der Waals surface area contributed by atoms with Gasteiger partial charge in [0, 0.05) is 19.2 Å². The predicted octanol–water partition coefficient (Wildman–Crippen LogP) is 2.80. The minimum absolute atomic E-state index is 0.275. The average molecular weight is 280 g/mol. The van der Waals surface area contributed by atoms with Crippen LogP contribution in [0.4, 0.5) is 0 Å². The van der Waals surface area contributed by atoms with Gasteiger partial charge < -0.3 is 10.1 Å². The Labute approximate surface area is 124 Å². The number of ether oxygens (including phenoxy) is 1. The molecule has 3 heteroatoms. The molecule has 2 heterocycles. The molecule has 3 nitrogen and oxygen atoms in total. The van der Waals surface area contributed by atoms with E-state index in [1.165, 1.54) is 71.0 Å². The number of hydrogen-bond donors (Lipinski definition) is 1. The molecule has 2 aliphatic heterocycles. The van der Waals surface area contributed by atoms with Crippen molar-refractivity contribution >= 4 is 0 Å². The number of nitrogens with one attached hydrogen (secondary N) is 1. The SMILES string of the molecule is CCNCC1CCCN(C2CCOC3(CCCC3)C2)C1. The van der Waals surface area contributed by atoms with E-state index in [0.29, 0.717) is 0 Å². The van der Waals surface area contributed by atoms with Crippen LogP contribution in [0.3, 0.4) is 0 Å². The van der Waals surface area contributed by atoms with Crippen LogP contribution in [0.1, 0.15) is 58.3 Å². The average Bonchev–Trinajstić information content (AvgIpc) is 2.93. The van der Waals surface area contributed by atoms with Crippen molar-refractivity contribution in [1.29, 1.82) is 0 Å². The number of nitrogens with zero attached hydrogens (tertiary/aromatic N) is 1.